The Hall–Kier alpha value is -0.370. The second-order valence-electron chi connectivity index (χ2n) is 2.11. The van der Waals surface area contributed by atoms with Gasteiger partial charge in [-0.05, 0) is 18.6 Å². The van der Waals surface area contributed by atoms with E-state index in [1.165, 1.54) is 0 Å². The minimum atomic E-state index is 0.848. The number of alkyl halides is 1. The van der Waals surface area contributed by atoms with Crippen molar-refractivity contribution in [3.63, 3.8) is 0 Å². The lowest BCUT2D eigenvalue weighted by atomic mass is 10.3. The van der Waals surface area contributed by atoms with Crippen molar-refractivity contribution in [2.24, 2.45) is 0 Å². The summed E-state index contributed by atoms with van der Waals surface area (Å²) >= 11 is 3.36. The van der Waals surface area contributed by atoms with Crippen LogP contribution in [0.3, 0.4) is 0 Å². The maximum Gasteiger partial charge on any atom is 0.0512 e. The summed E-state index contributed by atoms with van der Waals surface area (Å²) in [5.74, 6) is 0. The topological polar surface area (TPSA) is 12.9 Å². The van der Waals surface area contributed by atoms with Gasteiger partial charge in [0.05, 0.1) is 5.69 Å². The SMILES string of the molecule is CCc1cccc(CBr)n1. The molecule has 54 valence electrons. The molecule has 0 fully saturated rings. The van der Waals surface area contributed by atoms with E-state index in [4.69, 9.17) is 0 Å². The zero-order valence-corrected chi connectivity index (χ0v) is 7.56. The van der Waals surface area contributed by atoms with Gasteiger partial charge in [-0.2, -0.15) is 0 Å². The van der Waals surface area contributed by atoms with E-state index < -0.39 is 0 Å². The zero-order valence-electron chi connectivity index (χ0n) is 5.97. The van der Waals surface area contributed by atoms with E-state index >= 15 is 0 Å². The number of rotatable bonds is 2. The second kappa shape index (κ2) is 3.71. The smallest absolute Gasteiger partial charge is 0.0512 e. The van der Waals surface area contributed by atoms with Crippen molar-refractivity contribution in [1.82, 2.24) is 4.98 Å². The summed E-state index contributed by atoms with van der Waals surface area (Å²) in [6.45, 7) is 2.11. The van der Waals surface area contributed by atoms with Gasteiger partial charge >= 0.3 is 0 Å². The van der Waals surface area contributed by atoms with Crippen LogP contribution < -0.4 is 0 Å². The highest BCUT2D eigenvalue weighted by molar-refractivity contribution is 9.08. The molecular formula is C8H10BrN. The molecule has 0 bridgehead atoms. The van der Waals surface area contributed by atoms with Gasteiger partial charge in [-0.15, -0.1) is 0 Å². The minimum absolute atomic E-state index is 0.848. The number of hydrogen-bond donors (Lipinski definition) is 0. The molecule has 1 rings (SSSR count). The highest BCUT2D eigenvalue weighted by Crippen LogP contribution is 2.03. The van der Waals surface area contributed by atoms with Crippen molar-refractivity contribution in [2.45, 2.75) is 18.7 Å². The van der Waals surface area contributed by atoms with Gasteiger partial charge in [0.2, 0.25) is 0 Å². The Bertz CT molecular complexity index is 191. The van der Waals surface area contributed by atoms with Crippen LogP contribution in [0.1, 0.15) is 18.3 Å². The molecule has 0 unspecified atom stereocenters. The Morgan fingerprint density at radius 3 is 2.70 bits per heavy atom. The molecule has 2 heteroatoms. The van der Waals surface area contributed by atoms with Gasteiger partial charge in [-0.25, -0.2) is 0 Å². The fourth-order valence-corrected chi connectivity index (χ4v) is 1.11. The molecule has 0 aromatic carbocycles. The average Bonchev–Trinajstić information content (AvgIpc) is 2.05. The second-order valence-corrected chi connectivity index (χ2v) is 2.67. The summed E-state index contributed by atoms with van der Waals surface area (Å²) in [4.78, 5) is 4.36. The van der Waals surface area contributed by atoms with Crippen LogP contribution in [-0.2, 0) is 11.8 Å². The third-order valence-corrected chi connectivity index (χ3v) is 1.94. The fraction of sp³-hybridized carbons (Fsp3) is 0.375. The Morgan fingerprint density at radius 1 is 1.40 bits per heavy atom. The first kappa shape index (κ1) is 7.73. The van der Waals surface area contributed by atoms with Crippen LogP contribution in [0, 0.1) is 0 Å². The lowest BCUT2D eigenvalue weighted by molar-refractivity contribution is 1.00. The van der Waals surface area contributed by atoms with E-state index in [0.29, 0.717) is 0 Å². The lowest BCUT2D eigenvalue weighted by Crippen LogP contribution is -1.89. The molecule has 0 aliphatic heterocycles. The van der Waals surface area contributed by atoms with Gasteiger partial charge < -0.3 is 0 Å². The van der Waals surface area contributed by atoms with Crippen molar-refractivity contribution in [3.8, 4) is 0 Å². The van der Waals surface area contributed by atoms with Crippen LogP contribution in [0.5, 0.6) is 0 Å². The average molecular weight is 200 g/mol. The molecule has 10 heavy (non-hydrogen) atoms. The molecule has 0 spiro atoms. The van der Waals surface area contributed by atoms with Crippen LogP contribution in [0.15, 0.2) is 18.2 Å². The number of nitrogens with zero attached hydrogens (tertiary/aromatic N) is 1. The lowest BCUT2D eigenvalue weighted by Gasteiger charge is -1.96. The molecule has 0 radical (unpaired) electrons. The normalized spacial score (nSPS) is 9.80. The molecule has 0 atom stereocenters. The molecule has 0 aliphatic rings. The molecule has 0 saturated heterocycles. The number of aryl methyl sites for hydroxylation is 1. The van der Waals surface area contributed by atoms with Crippen LogP contribution >= 0.6 is 15.9 Å². The first-order chi connectivity index (χ1) is 4.86. The minimum Gasteiger partial charge on any atom is -0.257 e. The third-order valence-electron chi connectivity index (χ3n) is 1.36. The quantitative estimate of drug-likeness (QED) is 0.668. The van der Waals surface area contributed by atoms with Gasteiger partial charge in [-0.3, -0.25) is 4.98 Å². The summed E-state index contributed by atoms with van der Waals surface area (Å²) in [5, 5.41) is 0.848. The van der Waals surface area contributed by atoms with E-state index in [1.54, 1.807) is 0 Å². The molecule has 1 aromatic rings. The van der Waals surface area contributed by atoms with E-state index in [9.17, 15) is 0 Å². The zero-order chi connectivity index (χ0) is 7.40. The van der Waals surface area contributed by atoms with Crippen LogP contribution in [0.4, 0.5) is 0 Å². The Balaban J connectivity index is 2.87. The Morgan fingerprint density at radius 2 is 2.10 bits per heavy atom. The number of halogens is 1. The maximum absolute atomic E-state index is 4.36. The number of pyridine rings is 1. The molecule has 1 nitrogen and oxygen atoms in total. The van der Waals surface area contributed by atoms with Crippen LogP contribution in [-0.4, -0.2) is 4.98 Å². The van der Waals surface area contributed by atoms with Crippen LogP contribution in [0.2, 0.25) is 0 Å². The summed E-state index contributed by atoms with van der Waals surface area (Å²) in [6.07, 6.45) is 1.01. The van der Waals surface area contributed by atoms with Gasteiger partial charge in [0.15, 0.2) is 0 Å². The molecular weight excluding hydrogens is 190 g/mol. The first-order valence-corrected chi connectivity index (χ1v) is 4.49. The van der Waals surface area contributed by atoms with E-state index in [-0.39, 0.29) is 0 Å². The predicted octanol–water partition coefficient (Wildman–Crippen LogP) is 2.54. The third kappa shape index (κ3) is 1.81. The predicted molar refractivity (Wildman–Crippen MR) is 46.2 cm³/mol. The standard InChI is InChI=1S/C8H10BrN/c1-2-7-4-3-5-8(6-9)10-7/h3-5H,2,6H2,1H3. The summed E-state index contributed by atoms with van der Waals surface area (Å²) in [6, 6.07) is 6.11. The Kier molecular flexibility index (Phi) is 2.87. The number of aromatic nitrogens is 1. The highest BCUT2D eigenvalue weighted by atomic mass is 79.9. The maximum atomic E-state index is 4.36. The van der Waals surface area contributed by atoms with Gasteiger partial charge in [0.25, 0.3) is 0 Å². The van der Waals surface area contributed by atoms with Crippen molar-refractivity contribution in [3.05, 3.63) is 29.6 Å². The van der Waals surface area contributed by atoms with Crippen molar-refractivity contribution < 1.29 is 0 Å². The summed E-state index contributed by atoms with van der Waals surface area (Å²) in [7, 11) is 0. The van der Waals surface area contributed by atoms with Crippen LogP contribution in [0.25, 0.3) is 0 Å². The van der Waals surface area contributed by atoms with Crippen molar-refractivity contribution >= 4 is 15.9 Å². The monoisotopic (exact) mass is 199 g/mol. The summed E-state index contributed by atoms with van der Waals surface area (Å²) in [5.41, 5.74) is 2.27. The molecule has 0 aliphatic carbocycles. The number of hydrogen-bond acceptors (Lipinski definition) is 1. The molecule has 0 saturated carbocycles. The molecule has 1 heterocycles. The fourth-order valence-electron chi connectivity index (χ4n) is 0.801. The van der Waals surface area contributed by atoms with E-state index in [1.807, 2.05) is 18.2 Å². The largest absolute Gasteiger partial charge is 0.257 e. The van der Waals surface area contributed by atoms with E-state index in [0.717, 1.165) is 23.1 Å². The van der Waals surface area contributed by atoms with E-state index in [2.05, 4.69) is 27.8 Å². The van der Waals surface area contributed by atoms with Gasteiger partial charge in [0, 0.05) is 11.0 Å². The van der Waals surface area contributed by atoms with Gasteiger partial charge in [0.1, 0.15) is 0 Å². The summed E-state index contributed by atoms with van der Waals surface area (Å²) < 4.78 is 0. The van der Waals surface area contributed by atoms with Crippen molar-refractivity contribution in [2.75, 3.05) is 0 Å². The van der Waals surface area contributed by atoms with Gasteiger partial charge in [-0.1, -0.05) is 28.9 Å². The van der Waals surface area contributed by atoms with Crippen molar-refractivity contribution in [1.29, 1.82) is 0 Å². The highest BCUT2D eigenvalue weighted by Gasteiger charge is 1.91. The Labute approximate surface area is 69.6 Å². The molecule has 0 amide bonds. The first-order valence-electron chi connectivity index (χ1n) is 3.37. The molecule has 1 aromatic heterocycles. The molecule has 0 N–H and O–H groups in total.